The lowest BCUT2D eigenvalue weighted by Crippen LogP contribution is -2.15. The molecule has 1 amide bonds. The number of amides is 1. The average molecular weight is 215 g/mol. The molecule has 0 saturated heterocycles. The molecule has 2 rings (SSSR count). The highest BCUT2D eigenvalue weighted by atomic mass is 16.2. The minimum atomic E-state index is -0.310. The summed E-state index contributed by atoms with van der Waals surface area (Å²) in [6.45, 7) is 0. The fourth-order valence-electron chi connectivity index (χ4n) is 1.18. The topological polar surface area (TPSA) is 74.8 Å². The Morgan fingerprint density at radius 2 is 2.12 bits per heavy atom. The largest absolute Gasteiger partial charge is 0.328 e. The van der Waals surface area contributed by atoms with Crippen LogP contribution in [-0.4, -0.2) is 15.9 Å². The number of nitrogens with one attached hydrogen (secondary N) is 2. The first-order chi connectivity index (χ1) is 7.75. The van der Waals surface area contributed by atoms with E-state index in [1.165, 1.54) is 18.3 Å². The van der Waals surface area contributed by atoms with Crippen molar-refractivity contribution in [3.63, 3.8) is 0 Å². The Hall–Kier alpha value is -2.43. The normalized spacial score (nSPS) is 9.75. The first kappa shape index (κ1) is 10.1. The van der Waals surface area contributed by atoms with Crippen LogP contribution in [0.1, 0.15) is 10.4 Å². The van der Waals surface area contributed by atoms with Crippen molar-refractivity contribution in [3.05, 3.63) is 58.6 Å². The molecule has 2 aromatic heterocycles. The number of nitrogens with zero attached hydrogens (tertiary/aromatic N) is 1. The Bertz CT molecular complexity index is 528. The standard InChI is InChI=1S/C11H9N3O2/c15-10-5-4-8(7-13-10)11(16)14-9-3-1-2-6-12-9/h1-7H,(H,13,15)(H,12,14,16). The first-order valence-corrected chi connectivity index (χ1v) is 4.67. The fraction of sp³-hybridized carbons (Fsp3) is 0. The van der Waals surface area contributed by atoms with Crippen molar-refractivity contribution in [2.24, 2.45) is 0 Å². The number of H-pyrrole nitrogens is 1. The summed E-state index contributed by atoms with van der Waals surface area (Å²) in [5.74, 6) is 0.161. The summed E-state index contributed by atoms with van der Waals surface area (Å²) in [6, 6.07) is 7.97. The van der Waals surface area contributed by atoms with E-state index in [9.17, 15) is 9.59 Å². The number of aromatic nitrogens is 2. The Morgan fingerprint density at radius 3 is 2.75 bits per heavy atom. The van der Waals surface area contributed by atoms with E-state index >= 15 is 0 Å². The third-order valence-corrected chi connectivity index (χ3v) is 1.95. The number of aromatic amines is 1. The van der Waals surface area contributed by atoms with Crippen molar-refractivity contribution >= 4 is 11.7 Å². The van der Waals surface area contributed by atoms with Gasteiger partial charge in [-0.25, -0.2) is 4.98 Å². The molecule has 80 valence electrons. The molecule has 0 spiro atoms. The van der Waals surface area contributed by atoms with E-state index in [1.54, 1.807) is 24.4 Å². The van der Waals surface area contributed by atoms with E-state index in [1.807, 2.05) is 0 Å². The number of hydrogen-bond acceptors (Lipinski definition) is 3. The van der Waals surface area contributed by atoms with Crippen LogP contribution in [0.15, 0.2) is 47.5 Å². The zero-order chi connectivity index (χ0) is 11.4. The summed E-state index contributed by atoms with van der Waals surface area (Å²) in [7, 11) is 0. The highest BCUT2D eigenvalue weighted by molar-refractivity contribution is 6.03. The van der Waals surface area contributed by atoms with Gasteiger partial charge in [-0.3, -0.25) is 9.59 Å². The lowest BCUT2D eigenvalue weighted by Gasteiger charge is -2.02. The van der Waals surface area contributed by atoms with Crippen LogP contribution in [0.4, 0.5) is 5.82 Å². The summed E-state index contributed by atoms with van der Waals surface area (Å²) >= 11 is 0. The zero-order valence-electron chi connectivity index (χ0n) is 8.31. The molecule has 2 aromatic rings. The number of hydrogen-bond donors (Lipinski definition) is 2. The predicted octanol–water partition coefficient (Wildman–Crippen LogP) is 1.02. The van der Waals surface area contributed by atoms with Gasteiger partial charge in [-0.1, -0.05) is 6.07 Å². The molecule has 5 heteroatoms. The van der Waals surface area contributed by atoms with E-state index in [0.717, 1.165) is 0 Å². The molecule has 2 N–H and O–H groups in total. The van der Waals surface area contributed by atoms with Crippen molar-refractivity contribution in [3.8, 4) is 0 Å². The summed E-state index contributed by atoms with van der Waals surface area (Å²) in [5.41, 5.74) is 0.139. The quantitative estimate of drug-likeness (QED) is 0.785. The molecule has 5 nitrogen and oxygen atoms in total. The van der Waals surface area contributed by atoms with E-state index in [4.69, 9.17) is 0 Å². The maximum Gasteiger partial charge on any atom is 0.258 e. The Morgan fingerprint density at radius 1 is 1.25 bits per heavy atom. The van der Waals surface area contributed by atoms with Crippen molar-refractivity contribution in [1.82, 2.24) is 9.97 Å². The smallest absolute Gasteiger partial charge is 0.258 e. The minimum Gasteiger partial charge on any atom is -0.328 e. The van der Waals surface area contributed by atoms with E-state index in [-0.39, 0.29) is 11.5 Å². The lowest BCUT2D eigenvalue weighted by atomic mass is 10.2. The number of pyridine rings is 2. The first-order valence-electron chi connectivity index (χ1n) is 4.67. The fourth-order valence-corrected chi connectivity index (χ4v) is 1.18. The third-order valence-electron chi connectivity index (χ3n) is 1.95. The average Bonchev–Trinajstić information content (AvgIpc) is 2.31. The van der Waals surface area contributed by atoms with Gasteiger partial charge in [0, 0.05) is 18.5 Å². The zero-order valence-corrected chi connectivity index (χ0v) is 8.31. The van der Waals surface area contributed by atoms with Crippen LogP contribution in [0.5, 0.6) is 0 Å². The number of carbonyl (C=O) groups excluding carboxylic acids is 1. The highest BCUT2D eigenvalue weighted by Crippen LogP contribution is 2.03. The van der Waals surface area contributed by atoms with Gasteiger partial charge in [0.2, 0.25) is 5.56 Å². The molecule has 0 radical (unpaired) electrons. The van der Waals surface area contributed by atoms with Crippen LogP contribution in [0, 0.1) is 0 Å². The highest BCUT2D eigenvalue weighted by Gasteiger charge is 2.05. The number of carbonyl (C=O) groups is 1. The van der Waals surface area contributed by atoms with E-state index in [2.05, 4.69) is 15.3 Å². The molecule has 0 atom stereocenters. The monoisotopic (exact) mass is 215 g/mol. The van der Waals surface area contributed by atoms with Crippen LogP contribution < -0.4 is 10.9 Å². The van der Waals surface area contributed by atoms with Gasteiger partial charge >= 0.3 is 0 Å². The second-order valence-electron chi connectivity index (χ2n) is 3.11. The predicted molar refractivity (Wildman–Crippen MR) is 59.3 cm³/mol. The van der Waals surface area contributed by atoms with Gasteiger partial charge in [0.05, 0.1) is 5.56 Å². The molecule has 0 aliphatic rings. The van der Waals surface area contributed by atoms with Gasteiger partial charge in [-0.15, -0.1) is 0 Å². The molecular weight excluding hydrogens is 206 g/mol. The molecule has 0 aliphatic carbocycles. The maximum atomic E-state index is 11.7. The Labute approximate surface area is 91.2 Å². The van der Waals surface area contributed by atoms with Crippen molar-refractivity contribution < 1.29 is 4.79 Å². The molecule has 0 saturated carbocycles. The minimum absolute atomic E-state index is 0.241. The van der Waals surface area contributed by atoms with Gasteiger partial charge in [-0.05, 0) is 18.2 Å². The van der Waals surface area contributed by atoms with Crippen LogP contribution in [-0.2, 0) is 0 Å². The van der Waals surface area contributed by atoms with Crippen LogP contribution >= 0.6 is 0 Å². The second-order valence-corrected chi connectivity index (χ2v) is 3.11. The van der Waals surface area contributed by atoms with Gasteiger partial charge in [0.1, 0.15) is 5.82 Å². The summed E-state index contributed by atoms with van der Waals surface area (Å²) in [4.78, 5) is 28.8. The second kappa shape index (κ2) is 4.39. The summed E-state index contributed by atoms with van der Waals surface area (Å²) in [5, 5.41) is 2.61. The van der Waals surface area contributed by atoms with Gasteiger partial charge in [0.15, 0.2) is 0 Å². The molecule has 16 heavy (non-hydrogen) atoms. The maximum absolute atomic E-state index is 11.7. The molecule has 0 bridgehead atoms. The van der Waals surface area contributed by atoms with Gasteiger partial charge in [0.25, 0.3) is 5.91 Å². The van der Waals surface area contributed by atoms with Crippen LogP contribution in [0.3, 0.4) is 0 Å². The van der Waals surface area contributed by atoms with Crippen LogP contribution in [0.25, 0.3) is 0 Å². The SMILES string of the molecule is O=C(Nc1ccccn1)c1ccc(=O)[nH]c1. The van der Waals surface area contributed by atoms with Crippen molar-refractivity contribution in [1.29, 1.82) is 0 Å². The molecule has 0 unspecified atom stereocenters. The van der Waals surface area contributed by atoms with E-state index < -0.39 is 0 Å². The molecule has 0 aromatic carbocycles. The van der Waals surface area contributed by atoms with Crippen molar-refractivity contribution in [2.75, 3.05) is 5.32 Å². The number of anilines is 1. The summed E-state index contributed by atoms with van der Waals surface area (Å²) in [6.07, 6.45) is 2.95. The Balaban J connectivity index is 2.15. The van der Waals surface area contributed by atoms with E-state index in [0.29, 0.717) is 11.4 Å². The van der Waals surface area contributed by atoms with Crippen LogP contribution in [0.2, 0.25) is 0 Å². The van der Waals surface area contributed by atoms with Gasteiger partial charge < -0.3 is 10.3 Å². The molecule has 0 aliphatic heterocycles. The number of rotatable bonds is 2. The lowest BCUT2D eigenvalue weighted by molar-refractivity contribution is 0.102. The molecular formula is C11H9N3O2. The van der Waals surface area contributed by atoms with Gasteiger partial charge in [-0.2, -0.15) is 0 Å². The van der Waals surface area contributed by atoms with Crippen molar-refractivity contribution in [2.45, 2.75) is 0 Å². The third kappa shape index (κ3) is 2.33. The molecule has 0 fully saturated rings. The molecule has 2 heterocycles. The summed E-state index contributed by atoms with van der Waals surface area (Å²) < 4.78 is 0. The Kier molecular flexibility index (Phi) is 2.77.